The lowest BCUT2D eigenvalue weighted by Gasteiger charge is -2.34. The molecule has 0 radical (unpaired) electrons. The fraction of sp³-hybridized carbons (Fsp3) is 0.333. The molecular weight excluding hydrogens is 605 g/mol. The van der Waals surface area contributed by atoms with Gasteiger partial charge in [0.05, 0.1) is 22.0 Å². The fourth-order valence-corrected chi connectivity index (χ4v) is 6.55. The molecule has 1 saturated carbocycles. The van der Waals surface area contributed by atoms with E-state index in [1.165, 1.54) is 17.0 Å². The summed E-state index contributed by atoms with van der Waals surface area (Å²) in [4.78, 5) is 29.4. The number of nitrogens with one attached hydrogen (secondary N) is 1. The molecule has 7 nitrogen and oxygen atoms in total. The van der Waals surface area contributed by atoms with E-state index in [4.69, 9.17) is 34.8 Å². The highest BCUT2D eigenvalue weighted by Gasteiger charge is 2.34. The maximum absolute atomic E-state index is 14.2. The maximum atomic E-state index is 14.2. The topological polar surface area (TPSA) is 86.8 Å². The summed E-state index contributed by atoms with van der Waals surface area (Å²) in [5.41, 5.74) is 1.64. The van der Waals surface area contributed by atoms with Gasteiger partial charge in [0, 0.05) is 24.0 Å². The second-order valence-corrected chi connectivity index (χ2v) is 13.3. The van der Waals surface area contributed by atoms with E-state index in [9.17, 15) is 18.0 Å². The Labute approximate surface area is 256 Å². The predicted octanol–water partition coefficient (Wildman–Crippen LogP) is 6.11. The number of amides is 2. The maximum Gasteiger partial charge on any atom is 0.244 e. The van der Waals surface area contributed by atoms with E-state index in [0.29, 0.717) is 10.6 Å². The van der Waals surface area contributed by atoms with Crippen LogP contribution >= 0.6 is 34.8 Å². The molecule has 0 heterocycles. The Balaban J connectivity index is 1.74. The molecule has 11 heteroatoms. The summed E-state index contributed by atoms with van der Waals surface area (Å²) in [6, 6.07) is 20.1. The van der Waals surface area contributed by atoms with E-state index in [-0.39, 0.29) is 40.6 Å². The quantitative estimate of drug-likeness (QED) is 0.275. The molecule has 1 atom stereocenters. The average Bonchev–Trinajstić information content (AvgIpc) is 3.44. The summed E-state index contributed by atoms with van der Waals surface area (Å²) in [5, 5.41) is 3.77. The summed E-state index contributed by atoms with van der Waals surface area (Å²) in [5.74, 6) is -0.864. The largest absolute Gasteiger partial charge is 0.352 e. The van der Waals surface area contributed by atoms with Gasteiger partial charge in [-0.25, -0.2) is 8.42 Å². The first-order valence-corrected chi connectivity index (χ1v) is 16.3. The average molecular weight is 637 g/mol. The summed E-state index contributed by atoms with van der Waals surface area (Å²) in [6.45, 7) is -0.544. The molecule has 0 unspecified atom stereocenters. The van der Waals surface area contributed by atoms with Crippen molar-refractivity contribution in [2.45, 2.75) is 50.7 Å². The van der Waals surface area contributed by atoms with E-state index in [1.54, 1.807) is 24.3 Å². The van der Waals surface area contributed by atoms with Gasteiger partial charge in [0.15, 0.2) is 0 Å². The monoisotopic (exact) mass is 635 g/mol. The van der Waals surface area contributed by atoms with Crippen molar-refractivity contribution in [1.29, 1.82) is 0 Å². The summed E-state index contributed by atoms with van der Waals surface area (Å²) >= 11 is 18.8. The Morgan fingerprint density at radius 2 is 1.59 bits per heavy atom. The second-order valence-electron chi connectivity index (χ2n) is 10.2. The highest BCUT2D eigenvalue weighted by molar-refractivity contribution is 7.92. The first-order valence-electron chi connectivity index (χ1n) is 13.3. The third-order valence-corrected chi connectivity index (χ3v) is 9.26. The first kappa shape index (κ1) is 31.2. The van der Waals surface area contributed by atoms with Crippen LogP contribution in [0.3, 0.4) is 0 Å². The number of benzene rings is 3. The normalized spacial score (nSPS) is 14.4. The van der Waals surface area contributed by atoms with Crippen LogP contribution in [0, 0.1) is 0 Å². The highest BCUT2D eigenvalue weighted by atomic mass is 35.5. The molecule has 1 aliphatic carbocycles. The van der Waals surface area contributed by atoms with Gasteiger partial charge in [0.25, 0.3) is 0 Å². The molecule has 1 N–H and O–H groups in total. The first-order chi connectivity index (χ1) is 19.5. The van der Waals surface area contributed by atoms with Gasteiger partial charge in [0.2, 0.25) is 21.8 Å². The molecular formula is C30H32Cl3N3O4S. The number of carbonyl (C=O) groups is 2. The Bertz CT molecular complexity index is 1480. The molecule has 0 aliphatic heterocycles. The Morgan fingerprint density at radius 3 is 2.24 bits per heavy atom. The van der Waals surface area contributed by atoms with E-state index in [1.807, 2.05) is 36.4 Å². The lowest BCUT2D eigenvalue weighted by atomic mass is 10.0. The molecule has 1 fully saturated rings. The number of sulfonamides is 1. The van der Waals surface area contributed by atoms with Crippen molar-refractivity contribution < 1.29 is 18.0 Å². The molecule has 218 valence electrons. The van der Waals surface area contributed by atoms with Crippen LogP contribution in [0.1, 0.15) is 36.8 Å². The van der Waals surface area contributed by atoms with Gasteiger partial charge in [-0.2, -0.15) is 0 Å². The van der Waals surface area contributed by atoms with E-state index >= 15 is 0 Å². The second kappa shape index (κ2) is 13.9. The molecule has 3 aromatic carbocycles. The van der Waals surface area contributed by atoms with Gasteiger partial charge < -0.3 is 10.2 Å². The minimum absolute atomic E-state index is 0.00796. The third kappa shape index (κ3) is 8.38. The SMILES string of the molecule is CS(=O)(=O)N(CC(=O)N(Cc1cccc(Cl)c1)[C@H](Cc1ccccc1)C(=O)NC1CCCC1)c1cccc(Cl)c1Cl. The molecule has 1 aliphatic rings. The van der Waals surface area contributed by atoms with Crippen molar-refractivity contribution in [2.75, 3.05) is 17.1 Å². The lowest BCUT2D eigenvalue weighted by Crippen LogP contribution is -2.54. The molecule has 41 heavy (non-hydrogen) atoms. The zero-order valence-corrected chi connectivity index (χ0v) is 25.7. The lowest BCUT2D eigenvalue weighted by molar-refractivity contribution is -0.140. The fourth-order valence-electron chi connectivity index (χ4n) is 5.03. The van der Waals surface area contributed by atoms with Crippen molar-refractivity contribution in [3.05, 3.63) is 99.0 Å². The Kier molecular flexibility index (Phi) is 10.6. The number of carbonyl (C=O) groups excluding carboxylic acids is 2. The van der Waals surface area contributed by atoms with Crippen molar-refractivity contribution in [3.8, 4) is 0 Å². The molecule has 0 aromatic heterocycles. The smallest absolute Gasteiger partial charge is 0.244 e. The summed E-state index contributed by atoms with van der Waals surface area (Å²) in [7, 11) is -3.97. The van der Waals surface area contributed by atoms with Crippen LogP contribution in [0.15, 0.2) is 72.8 Å². The molecule has 2 amide bonds. The minimum atomic E-state index is -3.97. The van der Waals surface area contributed by atoms with Crippen LogP contribution < -0.4 is 9.62 Å². The standard InChI is InChI=1S/C30H32Cl3N3O4S/c1-41(39,40)36(26-16-8-15-25(32)29(26)33)20-28(37)35(19-22-11-7-12-23(31)17-22)27(18-21-9-3-2-4-10-21)30(38)34-24-13-5-6-14-24/h2-4,7-12,15-17,24,27H,5-6,13-14,18-20H2,1H3,(H,34,38)/t27-/m1/s1. The number of hydrogen-bond acceptors (Lipinski definition) is 4. The van der Waals surface area contributed by atoms with Gasteiger partial charge in [-0.1, -0.05) is 96.2 Å². The van der Waals surface area contributed by atoms with Crippen LogP contribution in [-0.2, 0) is 32.6 Å². The van der Waals surface area contributed by atoms with Crippen LogP contribution in [0.2, 0.25) is 15.1 Å². The third-order valence-electron chi connectivity index (χ3n) is 7.09. The minimum Gasteiger partial charge on any atom is -0.352 e. The van der Waals surface area contributed by atoms with E-state index < -0.39 is 28.5 Å². The highest BCUT2D eigenvalue weighted by Crippen LogP contribution is 2.34. The predicted molar refractivity (Wildman–Crippen MR) is 165 cm³/mol. The van der Waals surface area contributed by atoms with Crippen LogP contribution in [0.5, 0.6) is 0 Å². The number of halogens is 3. The van der Waals surface area contributed by atoms with Crippen LogP contribution in [0.25, 0.3) is 0 Å². The van der Waals surface area contributed by atoms with Gasteiger partial charge in [-0.3, -0.25) is 13.9 Å². The summed E-state index contributed by atoms with van der Waals surface area (Å²) in [6.07, 6.45) is 5.05. The van der Waals surface area contributed by atoms with E-state index in [2.05, 4.69) is 5.32 Å². The number of rotatable bonds is 11. The molecule has 0 spiro atoms. The molecule has 0 bridgehead atoms. The van der Waals surface area contributed by atoms with Gasteiger partial charge >= 0.3 is 0 Å². The zero-order valence-electron chi connectivity index (χ0n) is 22.6. The van der Waals surface area contributed by atoms with Gasteiger partial charge in [-0.05, 0) is 48.2 Å². The van der Waals surface area contributed by atoms with Crippen molar-refractivity contribution in [3.63, 3.8) is 0 Å². The van der Waals surface area contributed by atoms with E-state index in [0.717, 1.165) is 41.8 Å². The molecule has 4 rings (SSSR count). The van der Waals surface area contributed by atoms with Gasteiger partial charge in [0.1, 0.15) is 12.6 Å². The summed E-state index contributed by atoms with van der Waals surface area (Å²) < 4.78 is 26.8. The molecule has 0 saturated heterocycles. The van der Waals surface area contributed by atoms with Gasteiger partial charge in [-0.15, -0.1) is 0 Å². The number of hydrogen-bond donors (Lipinski definition) is 1. The number of anilines is 1. The van der Waals surface area contributed by atoms with Crippen molar-refractivity contribution in [1.82, 2.24) is 10.2 Å². The Hall–Kier alpha value is -2.78. The number of nitrogens with zero attached hydrogens (tertiary/aromatic N) is 2. The van der Waals surface area contributed by atoms with Crippen molar-refractivity contribution in [2.24, 2.45) is 0 Å². The van der Waals surface area contributed by atoms with Crippen LogP contribution in [-0.4, -0.2) is 50.0 Å². The van der Waals surface area contributed by atoms with Crippen molar-refractivity contribution >= 4 is 62.3 Å². The molecule has 3 aromatic rings. The Morgan fingerprint density at radius 1 is 0.927 bits per heavy atom. The van der Waals surface area contributed by atoms with Crippen LogP contribution in [0.4, 0.5) is 5.69 Å². The zero-order chi connectivity index (χ0) is 29.6.